The molecule has 0 atom stereocenters. The van der Waals surface area contributed by atoms with Crippen LogP contribution in [-0.4, -0.2) is 9.78 Å². The van der Waals surface area contributed by atoms with Crippen molar-refractivity contribution < 1.29 is 0 Å². The molecule has 0 spiro atoms. The Balaban J connectivity index is 2.67. The third kappa shape index (κ3) is 2.69. The van der Waals surface area contributed by atoms with Crippen LogP contribution in [0.5, 0.6) is 0 Å². The molecule has 0 bridgehead atoms. The van der Waals surface area contributed by atoms with Crippen LogP contribution in [0.15, 0.2) is 6.20 Å². The lowest BCUT2D eigenvalue weighted by molar-refractivity contribution is 0.391. The van der Waals surface area contributed by atoms with Gasteiger partial charge in [-0.15, -0.1) is 0 Å². The van der Waals surface area contributed by atoms with Crippen molar-refractivity contribution in [3.8, 4) is 0 Å². The Bertz CT molecular complexity index is 264. The average molecular weight is 292 g/mol. The van der Waals surface area contributed by atoms with Crippen LogP contribution >= 0.6 is 22.6 Å². The van der Waals surface area contributed by atoms with Crippen LogP contribution in [0, 0.1) is 16.4 Å². The Labute approximate surface area is 93.9 Å². The first kappa shape index (κ1) is 11.0. The molecule has 2 nitrogen and oxygen atoms in total. The highest BCUT2D eigenvalue weighted by atomic mass is 127. The van der Waals surface area contributed by atoms with E-state index < -0.39 is 0 Å². The van der Waals surface area contributed by atoms with Gasteiger partial charge in [0.1, 0.15) is 0 Å². The van der Waals surface area contributed by atoms with Crippen molar-refractivity contribution in [3.05, 3.63) is 15.5 Å². The molecule has 0 radical (unpaired) electrons. The molecule has 1 aromatic heterocycles. The van der Waals surface area contributed by atoms with Gasteiger partial charge in [0, 0.05) is 12.2 Å². The number of halogens is 1. The fourth-order valence-corrected chi connectivity index (χ4v) is 1.80. The summed E-state index contributed by atoms with van der Waals surface area (Å²) in [5, 5.41) is 4.36. The molecule has 1 aromatic rings. The quantitative estimate of drug-likeness (QED) is 0.779. The van der Waals surface area contributed by atoms with E-state index in [4.69, 9.17) is 0 Å². The van der Waals surface area contributed by atoms with Crippen LogP contribution in [0.3, 0.4) is 0 Å². The molecule has 1 heterocycles. The first-order valence-electron chi connectivity index (χ1n) is 4.86. The molecule has 1 rings (SSSR count). The molecule has 0 aromatic carbocycles. The summed E-state index contributed by atoms with van der Waals surface area (Å²) in [6.45, 7) is 7.70. The zero-order valence-corrected chi connectivity index (χ0v) is 10.7. The zero-order chi connectivity index (χ0) is 9.84. The summed E-state index contributed by atoms with van der Waals surface area (Å²) in [6.07, 6.45) is 4.43. The lowest BCUT2D eigenvalue weighted by Crippen LogP contribution is -2.11. The van der Waals surface area contributed by atoms with Crippen molar-refractivity contribution in [2.24, 2.45) is 5.92 Å². The molecular weight excluding hydrogens is 275 g/mol. The summed E-state index contributed by atoms with van der Waals surface area (Å²) in [4.78, 5) is 0. The lowest BCUT2D eigenvalue weighted by Gasteiger charge is -2.13. The predicted molar refractivity (Wildman–Crippen MR) is 63.8 cm³/mol. The predicted octanol–water partition coefficient (Wildman–Crippen LogP) is 3.23. The second kappa shape index (κ2) is 4.98. The van der Waals surface area contributed by atoms with E-state index in [2.05, 4.69) is 53.1 Å². The maximum Gasteiger partial charge on any atom is 0.0626 e. The Kier molecular flexibility index (Phi) is 4.22. The molecule has 0 aliphatic heterocycles. The van der Waals surface area contributed by atoms with Crippen LogP contribution in [0.1, 0.15) is 32.4 Å². The minimum Gasteiger partial charge on any atom is -0.269 e. The molecule has 74 valence electrons. The number of nitrogens with zero attached hydrogens (tertiary/aromatic N) is 2. The highest BCUT2D eigenvalue weighted by Gasteiger charge is 2.08. The smallest absolute Gasteiger partial charge is 0.0626 e. The highest BCUT2D eigenvalue weighted by Crippen LogP contribution is 2.15. The Morgan fingerprint density at radius 1 is 1.46 bits per heavy atom. The van der Waals surface area contributed by atoms with Gasteiger partial charge in [0.15, 0.2) is 0 Å². The second-order valence-electron chi connectivity index (χ2n) is 3.44. The molecule has 3 heteroatoms. The van der Waals surface area contributed by atoms with E-state index in [9.17, 15) is 0 Å². The largest absolute Gasteiger partial charge is 0.269 e. The van der Waals surface area contributed by atoms with Gasteiger partial charge in [-0.1, -0.05) is 26.7 Å². The third-order valence-corrected chi connectivity index (χ3v) is 3.69. The van der Waals surface area contributed by atoms with Gasteiger partial charge in [0.25, 0.3) is 0 Å². The summed E-state index contributed by atoms with van der Waals surface area (Å²) < 4.78 is 3.39. The van der Waals surface area contributed by atoms with E-state index in [1.807, 2.05) is 6.20 Å². The fourth-order valence-electron chi connectivity index (χ4n) is 1.40. The van der Waals surface area contributed by atoms with Gasteiger partial charge in [-0.05, 0) is 35.4 Å². The fraction of sp³-hybridized carbons (Fsp3) is 0.700. The Morgan fingerprint density at radius 3 is 2.46 bits per heavy atom. The van der Waals surface area contributed by atoms with E-state index in [0.717, 1.165) is 12.5 Å². The third-order valence-electron chi connectivity index (χ3n) is 2.63. The standard InChI is InChI=1S/C10H17IN2/c1-4-9(5-2)7-13-8(3)10(11)6-12-13/h6,9H,4-5,7H2,1-3H3. The zero-order valence-electron chi connectivity index (χ0n) is 8.55. The van der Waals surface area contributed by atoms with Crippen LogP contribution < -0.4 is 0 Å². The normalized spacial score (nSPS) is 11.2. The number of aromatic nitrogens is 2. The first-order chi connectivity index (χ1) is 6.19. The average Bonchev–Trinajstić information content (AvgIpc) is 2.45. The van der Waals surface area contributed by atoms with E-state index in [1.165, 1.54) is 22.1 Å². The van der Waals surface area contributed by atoms with Gasteiger partial charge >= 0.3 is 0 Å². The van der Waals surface area contributed by atoms with Crippen LogP contribution in [0.2, 0.25) is 0 Å². The van der Waals surface area contributed by atoms with Crippen molar-refractivity contribution in [1.29, 1.82) is 0 Å². The molecule has 0 aliphatic rings. The van der Waals surface area contributed by atoms with Gasteiger partial charge in [-0.25, -0.2) is 0 Å². The number of hydrogen-bond donors (Lipinski definition) is 0. The number of rotatable bonds is 4. The Hall–Kier alpha value is -0.0600. The summed E-state index contributed by atoms with van der Waals surface area (Å²) in [7, 11) is 0. The summed E-state index contributed by atoms with van der Waals surface area (Å²) in [5.41, 5.74) is 1.30. The molecule has 0 saturated heterocycles. The lowest BCUT2D eigenvalue weighted by atomic mass is 10.0. The topological polar surface area (TPSA) is 17.8 Å². The maximum atomic E-state index is 4.36. The van der Waals surface area contributed by atoms with E-state index >= 15 is 0 Å². The maximum absolute atomic E-state index is 4.36. The SMILES string of the molecule is CCC(CC)Cn1ncc(I)c1C. The van der Waals surface area contributed by atoms with Crippen LogP contribution in [0.4, 0.5) is 0 Å². The van der Waals surface area contributed by atoms with Crippen molar-refractivity contribution in [2.45, 2.75) is 40.2 Å². The van der Waals surface area contributed by atoms with Crippen molar-refractivity contribution in [1.82, 2.24) is 9.78 Å². The molecule has 0 fully saturated rings. The van der Waals surface area contributed by atoms with Crippen LogP contribution in [0.25, 0.3) is 0 Å². The highest BCUT2D eigenvalue weighted by molar-refractivity contribution is 14.1. The van der Waals surface area contributed by atoms with Crippen molar-refractivity contribution >= 4 is 22.6 Å². The van der Waals surface area contributed by atoms with Gasteiger partial charge in [-0.3, -0.25) is 4.68 Å². The Morgan fingerprint density at radius 2 is 2.08 bits per heavy atom. The molecule has 0 unspecified atom stereocenters. The van der Waals surface area contributed by atoms with Crippen molar-refractivity contribution in [3.63, 3.8) is 0 Å². The minimum atomic E-state index is 0.773. The second-order valence-corrected chi connectivity index (χ2v) is 4.60. The monoisotopic (exact) mass is 292 g/mol. The van der Waals surface area contributed by atoms with Crippen molar-refractivity contribution in [2.75, 3.05) is 0 Å². The molecule has 0 saturated carbocycles. The van der Waals surface area contributed by atoms with E-state index in [1.54, 1.807) is 0 Å². The molecule has 0 aliphatic carbocycles. The van der Waals surface area contributed by atoms with Gasteiger partial charge in [0.2, 0.25) is 0 Å². The van der Waals surface area contributed by atoms with Crippen LogP contribution in [-0.2, 0) is 6.54 Å². The molecular formula is C10H17IN2. The molecule has 0 amide bonds. The number of hydrogen-bond acceptors (Lipinski definition) is 1. The van der Waals surface area contributed by atoms with E-state index in [0.29, 0.717) is 0 Å². The molecule has 13 heavy (non-hydrogen) atoms. The van der Waals surface area contributed by atoms with E-state index in [-0.39, 0.29) is 0 Å². The summed E-state index contributed by atoms with van der Waals surface area (Å²) >= 11 is 2.33. The van der Waals surface area contributed by atoms with Gasteiger partial charge in [0.05, 0.1) is 9.77 Å². The first-order valence-corrected chi connectivity index (χ1v) is 5.94. The summed E-state index contributed by atoms with van der Waals surface area (Å²) in [5.74, 6) is 0.773. The minimum absolute atomic E-state index is 0.773. The van der Waals surface area contributed by atoms with Gasteiger partial charge < -0.3 is 0 Å². The molecule has 0 N–H and O–H groups in total. The summed E-state index contributed by atoms with van der Waals surface area (Å²) in [6, 6.07) is 0. The van der Waals surface area contributed by atoms with Gasteiger partial charge in [-0.2, -0.15) is 5.10 Å².